The Bertz CT molecular complexity index is 372. The summed E-state index contributed by atoms with van der Waals surface area (Å²) in [7, 11) is 0. The SMILES string of the molecule is CCCNC(CC)(CCCSc1ncn[nH]1)C(=O)O. The summed E-state index contributed by atoms with van der Waals surface area (Å²) in [5.41, 5.74) is -0.794. The van der Waals surface area contributed by atoms with E-state index in [9.17, 15) is 9.90 Å². The molecule has 1 aromatic heterocycles. The van der Waals surface area contributed by atoms with Crippen LogP contribution >= 0.6 is 11.8 Å². The minimum absolute atomic E-state index is 0.593. The van der Waals surface area contributed by atoms with Crippen LogP contribution < -0.4 is 5.32 Å². The first kappa shape index (κ1) is 16.0. The van der Waals surface area contributed by atoms with Gasteiger partial charge in [-0.25, -0.2) is 4.98 Å². The zero-order chi connectivity index (χ0) is 14.1. The highest BCUT2D eigenvalue weighted by Crippen LogP contribution is 2.21. The molecule has 0 amide bonds. The van der Waals surface area contributed by atoms with Gasteiger partial charge in [-0.1, -0.05) is 25.6 Å². The molecule has 0 fully saturated rings. The summed E-state index contributed by atoms with van der Waals surface area (Å²) in [5, 5.41) is 19.9. The number of aliphatic carboxylic acids is 1. The normalized spacial score (nSPS) is 14.2. The fraction of sp³-hybridized carbons (Fsp3) is 0.750. The molecule has 0 saturated heterocycles. The van der Waals surface area contributed by atoms with Crippen LogP contribution in [0.5, 0.6) is 0 Å². The highest BCUT2D eigenvalue weighted by Gasteiger charge is 2.35. The molecule has 0 aliphatic rings. The van der Waals surface area contributed by atoms with Crippen molar-refractivity contribution in [2.45, 2.75) is 50.2 Å². The van der Waals surface area contributed by atoms with Gasteiger partial charge in [-0.2, -0.15) is 5.10 Å². The van der Waals surface area contributed by atoms with Crippen molar-refractivity contribution in [2.24, 2.45) is 0 Å². The standard InChI is InChI=1S/C12H22N4O2S/c1-3-7-14-12(4-2,10(17)18)6-5-8-19-11-13-9-15-16-11/h9,14H,3-8H2,1-2H3,(H,17,18)(H,13,15,16). The van der Waals surface area contributed by atoms with Crippen LogP contribution in [0.25, 0.3) is 0 Å². The van der Waals surface area contributed by atoms with Crippen molar-refractivity contribution in [3.8, 4) is 0 Å². The van der Waals surface area contributed by atoms with Gasteiger partial charge in [0.15, 0.2) is 5.16 Å². The van der Waals surface area contributed by atoms with Gasteiger partial charge in [-0.05, 0) is 32.2 Å². The Balaban J connectivity index is 2.41. The molecule has 6 nitrogen and oxygen atoms in total. The number of nitrogens with zero attached hydrogens (tertiary/aromatic N) is 2. The monoisotopic (exact) mass is 286 g/mol. The van der Waals surface area contributed by atoms with Crippen LogP contribution in [0.2, 0.25) is 0 Å². The zero-order valence-electron chi connectivity index (χ0n) is 11.5. The highest BCUT2D eigenvalue weighted by molar-refractivity contribution is 7.99. The third-order valence-electron chi connectivity index (χ3n) is 3.11. The first-order valence-corrected chi connectivity index (χ1v) is 7.59. The Kier molecular flexibility index (Phi) is 6.86. The number of carboxylic acids is 1. The van der Waals surface area contributed by atoms with Gasteiger partial charge in [0.2, 0.25) is 0 Å². The van der Waals surface area contributed by atoms with E-state index in [0.717, 1.165) is 30.3 Å². The molecule has 0 aliphatic heterocycles. The number of hydrogen-bond acceptors (Lipinski definition) is 5. The van der Waals surface area contributed by atoms with Crippen LogP contribution in [0.15, 0.2) is 11.5 Å². The average Bonchev–Trinajstić information content (AvgIpc) is 2.91. The summed E-state index contributed by atoms with van der Waals surface area (Å²) < 4.78 is 0. The molecule has 1 unspecified atom stereocenters. The number of H-pyrrole nitrogens is 1. The van der Waals surface area contributed by atoms with Crippen molar-refractivity contribution in [2.75, 3.05) is 12.3 Å². The molecule has 1 aromatic rings. The second kappa shape index (κ2) is 8.16. The zero-order valence-corrected chi connectivity index (χ0v) is 12.3. The topological polar surface area (TPSA) is 90.9 Å². The molecule has 1 atom stereocenters. The summed E-state index contributed by atoms with van der Waals surface area (Å²) in [4.78, 5) is 15.5. The Morgan fingerprint density at radius 1 is 1.58 bits per heavy atom. The number of hydrogen-bond donors (Lipinski definition) is 3. The van der Waals surface area contributed by atoms with E-state index in [2.05, 4.69) is 20.5 Å². The highest BCUT2D eigenvalue weighted by atomic mass is 32.2. The minimum atomic E-state index is -0.794. The minimum Gasteiger partial charge on any atom is -0.480 e. The Hall–Kier alpha value is -1.08. The van der Waals surface area contributed by atoms with Gasteiger partial charge in [-0.15, -0.1) is 0 Å². The Labute approximate surface area is 117 Å². The van der Waals surface area contributed by atoms with Crippen LogP contribution in [0.3, 0.4) is 0 Å². The number of carbonyl (C=O) groups is 1. The van der Waals surface area contributed by atoms with Gasteiger partial charge in [0.05, 0.1) is 0 Å². The predicted molar refractivity (Wildman–Crippen MR) is 75.3 cm³/mol. The fourth-order valence-electron chi connectivity index (χ4n) is 1.89. The maximum Gasteiger partial charge on any atom is 0.323 e. The van der Waals surface area contributed by atoms with E-state index in [-0.39, 0.29) is 0 Å². The van der Waals surface area contributed by atoms with Crippen molar-refractivity contribution in [3.63, 3.8) is 0 Å². The first-order chi connectivity index (χ1) is 9.14. The van der Waals surface area contributed by atoms with Gasteiger partial charge in [0.1, 0.15) is 11.9 Å². The molecule has 0 bridgehead atoms. The van der Waals surface area contributed by atoms with E-state index < -0.39 is 11.5 Å². The number of carboxylic acid groups (broad SMARTS) is 1. The molecular weight excluding hydrogens is 264 g/mol. The smallest absolute Gasteiger partial charge is 0.323 e. The molecule has 0 aliphatic carbocycles. The molecule has 0 radical (unpaired) electrons. The lowest BCUT2D eigenvalue weighted by molar-refractivity contribution is -0.145. The van der Waals surface area contributed by atoms with E-state index >= 15 is 0 Å². The van der Waals surface area contributed by atoms with Crippen LogP contribution in [-0.2, 0) is 4.79 Å². The van der Waals surface area contributed by atoms with Crippen molar-refractivity contribution in [3.05, 3.63) is 6.33 Å². The number of aromatic nitrogens is 3. The molecule has 108 valence electrons. The first-order valence-electron chi connectivity index (χ1n) is 6.61. The second-order valence-electron chi connectivity index (χ2n) is 4.41. The second-order valence-corrected chi connectivity index (χ2v) is 5.49. The van der Waals surface area contributed by atoms with Crippen LogP contribution in [0, 0.1) is 0 Å². The van der Waals surface area contributed by atoms with Crippen LogP contribution in [0.4, 0.5) is 0 Å². The van der Waals surface area contributed by atoms with Crippen LogP contribution in [0.1, 0.15) is 39.5 Å². The summed E-state index contributed by atoms with van der Waals surface area (Å²) in [6.45, 7) is 4.69. The van der Waals surface area contributed by atoms with E-state index in [1.165, 1.54) is 6.33 Å². The molecule has 0 spiro atoms. The lowest BCUT2D eigenvalue weighted by atomic mass is 9.90. The average molecular weight is 286 g/mol. The fourth-order valence-corrected chi connectivity index (χ4v) is 2.62. The van der Waals surface area contributed by atoms with E-state index in [1.807, 2.05) is 13.8 Å². The molecule has 1 heterocycles. The molecule has 0 saturated carbocycles. The van der Waals surface area contributed by atoms with E-state index in [1.54, 1.807) is 11.8 Å². The molecule has 7 heteroatoms. The largest absolute Gasteiger partial charge is 0.480 e. The molecule has 1 rings (SSSR count). The van der Waals surface area contributed by atoms with Crippen molar-refractivity contribution in [1.29, 1.82) is 0 Å². The molecule has 3 N–H and O–H groups in total. The van der Waals surface area contributed by atoms with E-state index in [0.29, 0.717) is 12.8 Å². The van der Waals surface area contributed by atoms with Gasteiger partial charge in [0, 0.05) is 5.75 Å². The Morgan fingerprint density at radius 2 is 2.37 bits per heavy atom. The van der Waals surface area contributed by atoms with Gasteiger partial charge in [-0.3, -0.25) is 9.89 Å². The Morgan fingerprint density at radius 3 is 2.89 bits per heavy atom. The van der Waals surface area contributed by atoms with Crippen molar-refractivity contribution in [1.82, 2.24) is 20.5 Å². The summed E-state index contributed by atoms with van der Waals surface area (Å²) in [6, 6.07) is 0. The number of nitrogens with one attached hydrogen (secondary N) is 2. The van der Waals surface area contributed by atoms with E-state index in [4.69, 9.17) is 0 Å². The molecule has 0 aromatic carbocycles. The third-order valence-corrected chi connectivity index (χ3v) is 4.07. The van der Waals surface area contributed by atoms with Crippen molar-refractivity contribution >= 4 is 17.7 Å². The van der Waals surface area contributed by atoms with Crippen LogP contribution in [-0.4, -0.2) is 44.1 Å². The summed E-state index contributed by atoms with van der Waals surface area (Å²) in [5.74, 6) is 0.0750. The van der Waals surface area contributed by atoms with Crippen molar-refractivity contribution < 1.29 is 9.90 Å². The lowest BCUT2D eigenvalue weighted by Gasteiger charge is -2.29. The number of thioether (sulfide) groups is 1. The quantitative estimate of drug-likeness (QED) is 0.449. The maximum absolute atomic E-state index is 11.5. The number of rotatable bonds is 10. The maximum atomic E-state index is 11.5. The molecule has 19 heavy (non-hydrogen) atoms. The summed E-state index contributed by atoms with van der Waals surface area (Å²) in [6.07, 6.45) is 4.44. The predicted octanol–water partition coefficient (Wildman–Crippen LogP) is 1.91. The van der Waals surface area contributed by atoms with Gasteiger partial charge in [0.25, 0.3) is 0 Å². The molecular formula is C12H22N4O2S. The summed E-state index contributed by atoms with van der Waals surface area (Å²) >= 11 is 1.56. The third kappa shape index (κ3) is 4.83. The lowest BCUT2D eigenvalue weighted by Crippen LogP contribution is -2.52. The van der Waals surface area contributed by atoms with Gasteiger partial charge >= 0.3 is 5.97 Å². The van der Waals surface area contributed by atoms with Gasteiger partial charge < -0.3 is 10.4 Å². The number of aromatic amines is 1.